The fourth-order valence-electron chi connectivity index (χ4n) is 4.51. The zero-order valence-corrected chi connectivity index (χ0v) is 19.4. The molecule has 34 heavy (non-hydrogen) atoms. The molecular formula is C26H22N4O3S. The number of nitrogens with one attached hydrogen (secondary N) is 1. The van der Waals surface area contributed by atoms with E-state index in [9.17, 15) is 9.59 Å². The van der Waals surface area contributed by atoms with E-state index in [4.69, 9.17) is 9.40 Å². The number of amides is 1. The summed E-state index contributed by atoms with van der Waals surface area (Å²) in [4.78, 5) is 36.7. The smallest absolute Gasteiger partial charge is 0.266 e. The molecule has 0 fully saturated rings. The number of nitrogens with zero attached hydrogens (tertiary/aromatic N) is 3. The number of aryl methyl sites for hydroxylation is 2. The summed E-state index contributed by atoms with van der Waals surface area (Å²) >= 11 is 1.29. The largest absolute Gasteiger partial charge is 0.436 e. The van der Waals surface area contributed by atoms with E-state index in [-0.39, 0.29) is 11.5 Å². The van der Waals surface area contributed by atoms with Crippen LogP contribution >= 0.6 is 11.3 Å². The number of benzene rings is 2. The number of oxazole rings is 1. The van der Waals surface area contributed by atoms with E-state index >= 15 is 0 Å². The van der Waals surface area contributed by atoms with E-state index < -0.39 is 0 Å². The van der Waals surface area contributed by atoms with E-state index in [1.807, 2.05) is 55.5 Å². The second kappa shape index (κ2) is 8.22. The molecule has 0 atom stereocenters. The highest BCUT2D eigenvalue weighted by molar-refractivity contribution is 7.20. The minimum atomic E-state index is -0.241. The summed E-state index contributed by atoms with van der Waals surface area (Å²) in [5, 5.41) is 3.51. The molecule has 1 aliphatic heterocycles. The molecule has 7 nitrogen and oxygen atoms in total. The van der Waals surface area contributed by atoms with Crippen LogP contribution in [0.15, 0.2) is 57.7 Å². The number of anilines is 1. The van der Waals surface area contributed by atoms with Crippen molar-refractivity contribution < 1.29 is 9.21 Å². The van der Waals surface area contributed by atoms with Gasteiger partial charge in [-0.2, -0.15) is 0 Å². The van der Waals surface area contributed by atoms with Crippen LogP contribution in [0.25, 0.3) is 32.8 Å². The Morgan fingerprint density at radius 1 is 1.06 bits per heavy atom. The number of rotatable bonds is 3. The first-order chi connectivity index (χ1) is 16.6. The van der Waals surface area contributed by atoms with Gasteiger partial charge in [0, 0.05) is 24.2 Å². The first kappa shape index (κ1) is 20.8. The van der Waals surface area contributed by atoms with Crippen molar-refractivity contribution >= 4 is 44.2 Å². The van der Waals surface area contributed by atoms with Gasteiger partial charge in [-0.3, -0.25) is 14.2 Å². The Morgan fingerprint density at radius 3 is 2.71 bits per heavy atom. The number of para-hydroxylation sites is 2. The van der Waals surface area contributed by atoms with Crippen molar-refractivity contribution in [3.05, 3.63) is 75.1 Å². The number of hydrogen-bond donors (Lipinski definition) is 1. The molecule has 0 spiro atoms. The molecule has 4 heterocycles. The van der Waals surface area contributed by atoms with Crippen LogP contribution in [0.2, 0.25) is 0 Å². The minimum Gasteiger partial charge on any atom is -0.436 e. The Kier molecular flexibility index (Phi) is 5.03. The van der Waals surface area contributed by atoms with Crippen LogP contribution in [0.1, 0.15) is 40.3 Å². The number of carbonyl (C=O) groups excluding carboxylic acids is 1. The van der Waals surface area contributed by atoms with Crippen molar-refractivity contribution in [3.63, 3.8) is 0 Å². The SMILES string of the molecule is Cc1c(C(=O)Nc2ccc(-c3nc4ccccc4o3)cc2)sc2nc3n(c(=O)c12)CCCCC3. The zero-order valence-electron chi connectivity index (χ0n) is 18.6. The quantitative estimate of drug-likeness (QED) is 0.373. The Hall–Kier alpha value is -3.78. The van der Waals surface area contributed by atoms with Crippen molar-refractivity contribution in [1.82, 2.24) is 14.5 Å². The molecule has 5 aromatic rings. The van der Waals surface area contributed by atoms with Gasteiger partial charge in [0.1, 0.15) is 16.2 Å². The molecule has 0 bridgehead atoms. The lowest BCUT2D eigenvalue weighted by Gasteiger charge is -2.08. The maximum atomic E-state index is 13.2. The molecule has 1 amide bonds. The number of carbonyl (C=O) groups is 1. The molecule has 0 saturated carbocycles. The van der Waals surface area contributed by atoms with Gasteiger partial charge in [-0.1, -0.05) is 18.6 Å². The Balaban J connectivity index is 1.28. The maximum Gasteiger partial charge on any atom is 0.266 e. The van der Waals surface area contributed by atoms with Gasteiger partial charge in [0.05, 0.1) is 10.3 Å². The average molecular weight is 471 g/mol. The van der Waals surface area contributed by atoms with E-state index in [1.54, 1.807) is 4.57 Å². The molecule has 2 aromatic carbocycles. The summed E-state index contributed by atoms with van der Waals surface area (Å²) in [6.45, 7) is 2.52. The second-order valence-electron chi connectivity index (χ2n) is 8.55. The fraction of sp³-hybridized carbons (Fsp3) is 0.231. The van der Waals surface area contributed by atoms with Crippen molar-refractivity contribution in [2.45, 2.75) is 39.2 Å². The molecule has 8 heteroatoms. The molecule has 1 N–H and O–H groups in total. The predicted octanol–water partition coefficient (Wildman–Crippen LogP) is 5.55. The van der Waals surface area contributed by atoms with Crippen LogP contribution in [0.3, 0.4) is 0 Å². The van der Waals surface area contributed by atoms with E-state index in [2.05, 4.69) is 10.3 Å². The summed E-state index contributed by atoms with van der Waals surface area (Å²) in [5.74, 6) is 1.12. The lowest BCUT2D eigenvalue weighted by molar-refractivity contribution is 0.103. The lowest BCUT2D eigenvalue weighted by Crippen LogP contribution is -2.24. The van der Waals surface area contributed by atoms with Crippen LogP contribution < -0.4 is 10.9 Å². The summed E-state index contributed by atoms with van der Waals surface area (Å²) in [6.07, 6.45) is 3.93. The van der Waals surface area contributed by atoms with Crippen molar-refractivity contribution in [3.8, 4) is 11.5 Å². The molecule has 0 aliphatic carbocycles. The van der Waals surface area contributed by atoms with Crippen LogP contribution in [0.5, 0.6) is 0 Å². The van der Waals surface area contributed by atoms with E-state index in [1.165, 1.54) is 11.3 Å². The van der Waals surface area contributed by atoms with Gasteiger partial charge in [-0.15, -0.1) is 11.3 Å². The molecular weight excluding hydrogens is 448 g/mol. The third-order valence-corrected chi connectivity index (χ3v) is 7.49. The third kappa shape index (κ3) is 3.51. The molecule has 6 rings (SSSR count). The zero-order chi connectivity index (χ0) is 23.2. The van der Waals surface area contributed by atoms with E-state index in [0.29, 0.717) is 38.8 Å². The molecule has 170 valence electrons. The highest BCUT2D eigenvalue weighted by Gasteiger charge is 2.22. The Morgan fingerprint density at radius 2 is 1.88 bits per heavy atom. The summed E-state index contributed by atoms with van der Waals surface area (Å²) in [5.41, 5.74) is 3.68. The highest BCUT2D eigenvalue weighted by Crippen LogP contribution is 2.30. The topological polar surface area (TPSA) is 90.0 Å². The number of hydrogen-bond acceptors (Lipinski definition) is 6. The standard InChI is InChI=1S/C26H22N4O3S/c1-15-21-25(29-20-9-3-2-6-14-30(20)26(21)32)34-22(15)23(31)27-17-12-10-16(11-13-17)24-28-18-7-4-5-8-19(18)33-24/h4-5,7-8,10-13H,2-3,6,9,14H2,1H3,(H,27,31). The highest BCUT2D eigenvalue weighted by atomic mass is 32.1. The Labute approximate surface area is 199 Å². The van der Waals surface area contributed by atoms with Gasteiger partial charge in [0.25, 0.3) is 11.5 Å². The first-order valence-electron chi connectivity index (χ1n) is 11.4. The van der Waals surface area contributed by atoms with Gasteiger partial charge >= 0.3 is 0 Å². The van der Waals surface area contributed by atoms with Gasteiger partial charge in [0.15, 0.2) is 5.58 Å². The Bertz CT molecular complexity index is 1580. The monoisotopic (exact) mass is 470 g/mol. The van der Waals surface area contributed by atoms with Gasteiger partial charge in [-0.25, -0.2) is 9.97 Å². The van der Waals surface area contributed by atoms with E-state index in [0.717, 1.165) is 48.2 Å². The third-order valence-electron chi connectivity index (χ3n) is 6.30. The predicted molar refractivity (Wildman–Crippen MR) is 134 cm³/mol. The van der Waals surface area contributed by atoms with Crippen molar-refractivity contribution in [1.29, 1.82) is 0 Å². The van der Waals surface area contributed by atoms with Crippen LogP contribution in [0, 0.1) is 6.92 Å². The second-order valence-corrected chi connectivity index (χ2v) is 9.55. The molecule has 0 radical (unpaired) electrons. The maximum absolute atomic E-state index is 13.2. The lowest BCUT2D eigenvalue weighted by atomic mass is 10.2. The van der Waals surface area contributed by atoms with Crippen molar-refractivity contribution in [2.24, 2.45) is 0 Å². The van der Waals surface area contributed by atoms with Gasteiger partial charge in [-0.05, 0) is 61.7 Å². The number of aromatic nitrogens is 3. The molecule has 1 aliphatic rings. The minimum absolute atomic E-state index is 0.0302. The summed E-state index contributed by atoms with van der Waals surface area (Å²) < 4.78 is 7.61. The molecule has 0 unspecified atom stereocenters. The normalized spacial score (nSPS) is 13.7. The van der Waals surface area contributed by atoms with Crippen LogP contribution in [-0.2, 0) is 13.0 Å². The molecule has 0 saturated heterocycles. The van der Waals surface area contributed by atoms with Gasteiger partial charge < -0.3 is 9.73 Å². The first-order valence-corrected chi connectivity index (χ1v) is 12.2. The molecule has 3 aromatic heterocycles. The van der Waals surface area contributed by atoms with Crippen LogP contribution in [0.4, 0.5) is 5.69 Å². The fourth-order valence-corrected chi connectivity index (χ4v) is 5.59. The van der Waals surface area contributed by atoms with Crippen LogP contribution in [-0.4, -0.2) is 20.4 Å². The summed E-state index contributed by atoms with van der Waals surface area (Å²) in [6, 6.07) is 15.0. The average Bonchev–Trinajstić information content (AvgIpc) is 3.33. The number of thiophene rings is 1. The number of fused-ring (bicyclic) bond motifs is 3. The summed E-state index contributed by atoms with van der Waals surface area (Å²) in [7, 11) is 0. The van der Waals surface area contributed by atoms with Gasteiger partial charge in [0.2, 0.25) is 5.89 Å². The van der Waals surface area contributed by atoms with Crippen molar-refractivity contribution in [2.75, 3.05) is 5.32 Å².